The van der Waals surface area contributed by atoms with E-state index >= 15 is 0 Å². The smallest absolute Gasteiger partial charge is 0.251 e. The van der Waals surface area contributed by atoms with Crippen molar-refractivity contribution in [3.05, 3.63) is 33.4 Å². The molecule has 1 amide bonds. The van der Waals surface area contributed by atoms with Gasteiger partial charge in [0.1, 0.15) is 0 Å². The maximum Gasteiger partial charge on any atom is 0.251 e. The average molecular weight is 329 g/mol. The molecule has 2 unspecified atom stereocenters. The van der Waals surface area contributed by atoms with E-state index in [4.69, 9.17) is 0 Å². The molecular weight excluding hydrogens is 313 g/mol. The largest absolute Gasteiger partial charge is 0.349 e. The highest BCUT2D eigenvalue weighted by Gasteiger charge is 2.37. The molecule has 0 spiro atoms. The van der Waals surface area contributed by atoms with Crippen molar-refractivity contribution in [2.24, 2.45) is 5.92 Å². The van der Waals surface area contributed by atoms with Gasteiger partial charge in [-0.05, 0) is 59.5 Å². The van der Waals surface area contributed by atoms with Gasteiger partial charge in [0, 0.05) is 15.2 Å². The minimum atomic E-state index is 0.0714. The van der Waals surface area contributed by atoms with E-state index in [1.807, 2.05) is 24.3 Å². The molecule has 0 saturated heterocycles. The molecule has 3 heteroatoms. The van der Waals surface area contributed by atoms with Gasteiger partial charge in [-0.2, -0.15) is 0 Å². The van der Waals surface area contributed by atoms with Crippen LogP contribution in [0.15, 0.2) is 24.3 Å². The summed E-state index contributed by atoms with van der Waals surface area (Å²) in [5, 5.41) is 3.09. The van der Waals surface area contributed by atoms with Crippen LogP contribution in [-0.4, -0.2) is 11.9 Å². The third-order valence-corrected chi connectivity index (χ3v) is 3.66. The summed E-state index contributed by atoms with van der Waals surface area (Å²) in [7, 11) is 0. The third-order valence-electron chi connectivity index (χ3n) is 2.99. The van der Waals surface area contributed by atoms with Gasteiger partial charge >= 0.3 is 0 Å². The Morgan fingerprint density at radius 1 is 1.56 bits per heavy atom. The van der Waals surface area contributed by atoms with Crippen molar-refractivity contribution in [1.82, 2.24) is 5.32 Å². The van der Waals surface area contributed by atoms with Crippen LogP contribution in [0.5, 0.6) is 0 Å². The average Bonchev–Trinajstić information content (AvgIpc) is 2.97. The number of halogens is 1. The van der Waals surface area contributed by atoms with Gasteiger partial charge in [0.05, 0.1) is 0 Å². The molecule has 1 N–H and O–H groups in total. The molecular formula is C13H16INO. The number of nitrogens with one attached hydrogen (secondary N) is 1. The number of carbonyl (C=O) groups is 1. The van der Waals surface area contributed by atoms with Gasteiger partial charge in [0.2, 0.25) is 0 Å². The lowest BCUT2D eigenvalue weighted by Crippen LogP contribution is -2.26. The number of carbonyl (C=O) groups excluding carboxylic acids is 1. The molecule has 1 saturated carbocycles. The van der Waals surface area contributed by atoms with Crippen LogP contribution in [0.25, 0.3) is 0 Å². The summed E-state index contributed by atoms with van der Waals surface area (Å²) in [4.78, 5) is 11.9. The number of hydrogen-bond acceptors (Lipinski definition) is 1. The van der Waals surface area contributed by atoms with Gasteiger partial charge in [-0.1, -0.05) is 19.4 Å². The zero-order chi connectivity index (χ0) is 11.5. The van der Waals surface area contributed by atoms with E-state index < -0.39 is 0 Å². The van der Waals surface area contributed by atoms with Crippen molar-refractivity contribution in [2.75, 3.05) is 0 Å². The van der Waals surface area contributed by atoms with Crippen LogP contribution < -0.4 is 5.32 Å². The fourth-order valence-corrected chi connectivity index (χ4v) is 2.54. The zero-order valence-electron chi connectivity index (χ0n) is 9.37. The first kappa shape index (κ1) is 11.9. The SMILES string of the molecule is CCCC1CC1NC(=O)c1cccc(I)c1. The number of amides is 1. The van der Waals surface area contributed by atoms with Crippen molar-refractivity contribution >= 4 is 28.5 Å². The molecule has 0 bridgehead atoms. The van der Waals surface area contributed by atoms with E-state index in [2.05, 4.69) is 34.8 Å². The Balaban J connectivity index is 1.90. The molecule has 2 atom stereocenters. The molecule has 1 aliphatic rings. The molecule has 86 valence electrons. The van der Waals surface area contributed by atoms with E-state index in [1.165, 1.54) is 12.8 Å². The number of benzene rings is 1. The third kappa shape index (κ3) is 2.97. The van der Waals surface area contributed by atoms with E-state index in [0.717, 1.165) is 21.5 Å². The van der Waals surface area contributed by atoms with Crippen LogP contribution in [-0.2, 0) is 0 Å². The van der Waals surface area contributed by atoms with Crippen LogP contribution in [0, 0.1) is 9.49 Å². The minimum absolute atomic E-state index is 0.0714. The summed E-state index contributed by atoms with van der Waals surface area (Å²) < 4.78 is 1.10. The molecule has 2 nitrogen and oxygen atoms in total. The van der Waals surface area contributed by atoms with Crippen molar-refractivity contribution in [3.8, 4) is 0 Å². The fraction of sp³-hybridized carbons (Fsp3) is 0.462. The number of rotatable bonds is 4. The first-order valence-corrected chi connectivity index (χ1v) is 6.85. The Bertz CT molecular complexity index is 391. The summed E-state index contributed by atoms with van der Waals surface area (Å²) in [6, 6.07) is 8.13. The maximum absolute atomic E-state index is 11.9. The first-order valence-electron chi connectivity index (χ1n) is 5.77. The molecule has 0 radical (unpaired) electrons. The molecule has 1 fully saturated rings. The molecule has 1 aliphatic carbocycles. The van der Waals surface area contributed by atoms with Crippen LogP contribution in [0.1, 0.15) is 36.5 Å². The summed E-state index contributed by atoms with van der Waals surface area (Å²) in [6.45, 7) is 2.19. The Hall–Kier alpha value is -0.580. The summed E-state index contributed by atoms with van der Waals surface area (Å²) in [5.74, 6) is 0.791. The van der Waals surface area contributed by atoms with Gasteiger partial charge in [-0.25, -0.2) is 0 Å². The quantitative estimate of drug-likeness (QED) is 0.845. The predicted molar refractivity (Wildman–Crippen MR) is 73.4 cm³/mol. The highest BCUT2D eigenvalue weighted by molar-refractivity contribution is 14.1. The van der Waals surface area contributed by atoms with Crippen molar-refractivity contribution in [3.63, 3.8) is 0 Å². The Morgan fingerprint density at radius 2 is 2.38 bits per heavy atom. The molecule has 0 heterocycles. The van der Waals surface area contributed by atoms with E-state index in [9.17, 15) is 4.79 Å². The minimum Gasteiger partial charge on any atom is -0.349 e. The van der Waals surface area contributed by atoms with E-state index in [0.29, 0.717) is 6.04 Å². The summed E-state index contributed by atoms with van der Waals surface area (Å²) >= 11 is 2.23. The maximum atomic E-state index is 11.9. The normalized spacial score (nSPS) is 22.9. The Labute approximate surface area is 110 Å². The van der Waals surface area contributed by atoms with Gasteiger partial charge in [0.25, 0.3) is 5.91 Å². The molecule has 2 rings (SSSR count). The highest BCUT2D eigenvalue weighted by Crippen LogP contribution is 2.34. The molecule has 0 aromatic heterocycles. The van der Waals surface area contributed by atoms with Gasteiger partial charge in [-0.15, -0.1) is 0 Å². The Kier molecular flexibility index (Phi) is 3.84. The monoisotopic (exact) mass is 329 g/mol. The number of hydrogen-bond donors (Lipinski definition) is 1. The lowest BCUT2D eigenvalue weighted by Gasteiger charge is -2.04. The first-order chi connectivity index (χ1) is 7.70. The van der Waals surface area contributed by atoms with Crippen LogP contribution in [0.3, 0.4) is 0 Å². The zero-order valence-corrected chi connectivity index (χ0v) is 11.5. The van der Waals surface area contributed by atoms with E-state index in [-0.39, 0.29) is 5.91 Å². The summed E-state index contributed by atoms with van der Waals surface area (Å²) in [5.41, 5.74) is 0.772. The molecule has 0 aliphatic heterocycles. The predicted octanol–water partition coefficient (Wildman–Crippen LogP) is 3.21. The lowest BCUT2D eigenvalue weighted by atomic mass is 10.2. The van der Waals surface area contributed by atoms with Crippen LogP contribution >= 0.6 is 22.6 Å². The fourth-order valence-electron chi connectivity index (χ4n) is 2.00. The lowest BCUT2D eigenvalue weighted by molar-refractivity contribution is 0.0949. The van der Waals surface area contributed by atoms with Crippen molar-refractivity contribution in [2.45, 2.75) is 32.2 Å². The van der Waals surface area contributed by atoms with Crippen LogP contribution in [0.4, 0.5) is 0 Å². The molecule has 1 aromatic rings. The second kappa shape index (κ2) is 5.17. The second-order valence-electron chi connectivity index (χ2n) is 4.37. The van der Waals surface area contributed by atoms with Crippen molar-refractivity contribution < 1.29 is 4.79 Å². The molecule has 1 aromatic carbocycles. The standard InChI is InChI=1S/C13H16INO/c1-2-4-9-8-12(9)15-13(16)10-5-3-6-11(14)7-10/h3,5-7,9,12H,2,4,8H2,1H3,(H,15,16). The summed E-state index contributed by atoms with van der Waals surface area (Å²) in [6.07, 6.45) is 3.60. The van der Waals surface area contributed by atoms with E-state index in [1.54, 1.807) is 0 Å². The topological polar surface area (TPSA) is 29.1 Å². The molecule has 16 heavy (non-hydrogen) atoms. The van der Waals surface area contributed by atoms with Crippen LogP contribution in [0.2, 0.25) is 0 Å². The van der Waals surface area contributed by atoms with Gasteiger partial charge in [-0.3, -0.25) is 4.79 Å². The van der Waals surface area contributed by atoms with Gasteiger partial charge < -0.3 is 5.32 Å². The van der Waals surface area contributed by atoms with Crippen molar-refractivity contribution in [1.29, 1.82) is 0 Å². The van der Waals surface area contributed by atoms with Gasteiger partial charge in [0.15, 0.2) is 0 Å². The Morgan fingerprint density at radius 3 is 3.06 bits per heavy atom. The highest BCUT2D eigenvalue weighted by atomic mass is 127. The second-order valence-corrected chi connectivity index (χ2v) is 5.62.